The van der Waals surface area contributed by atoms with Gasteiger partial charge in [0.1, 0.15) is 17.8 Å². The molecule has 5 fully saturated rings. The normalized spacial score (nSPS) is 23.1. The smallest absolute Gasteiger partial charge is 0.318 e. The minimum atomic E-state index is -0.897. The monoisotopic (exact) mass is 922 g/mol. The highest BCUT2D eigenvalue weighted by atomic mass is 16.3. The number of phenolic OH excluding ortho intramolecular Hbond substituents is 1. The van der Waals surface area contributed by atoms with E-state index in [0.717, 1.165) is 99.1 Å². The molecular formula is C51H62N12O5. The average Bonchev–Trinajstić information content (AvgIpc) is 3.72. The first-order valence-corrected chi connectivity index (χ1v) is 24.1. The Morgan fingerprint density at radius 1 is 0.956 bits per heavy atom. The van der Waals surface area contributed by atoms with Crippen LogP contribution >= 0.6 is 0 Å². The number of para-hydroxylation sites is 1. The standard InChI is InChI=1S/C51H62N12O5/c1-5-32-10-12-33(13-11-32)24-53-46(66)42-20-38(64)29-63(42)47(67)44(50(2,3)4)56-49(68)61-30-51(31-61)22-34(23-51)35-25-54-48(55-26-35)59-16-14-36(15-17-59)60-18-19-62-37(28-60)27-52-45-41(62)21-40(57-58-45)39-8-6-7-9-43(39)65/h1,6-13,21,25-26,34,36-38,42,44,64-65H,14-20,22-24,27-31H2,2-4H3,(H,52,58)(H,53,66)(H,56,68)/t37-,38+,42-,44+/m0/s1. The van der Waals surface area contributed by atoms with E-state index in [1.807, 2.05) is 69.6 Å². The van der Waals surface area contributed by atoms with Gasteiger partial charge >= 0.3 is 6.03 Å². The second-order valence-corrected chi connectivity index (χ2v) is 20.9. The van der Waals surface area contributed by atoms with Crippen LogP contribution in [0.2, 0.25) is 0 Å². The molecule has 0 bridgehead atoms. The summed E-state index contributed by atoms with van der Waals surface area (Å²) >= 11 is 0. The number of anilines is 3. The fraction of sp³-hybridized carbons (Fsp3) is 0.510. The van der Waals surface area contributed by atoms with Gasteiger partial charge in [-0.05, 0) is 78.5 Å². The lowest BCUT2D eigenvalue weighted by atomic mass is 9.56. The van der Waals surface area contributed by atoms with E-state index < -0.39 is 23.6 Å². The van der Waals surface area contributed by atoms with Crippen molar-refractivity contribution in [2.45, 2.75) is 95.6 Å². The zero-order valence-corrected chi connectivity index (χ0v) is 39.1. The first-order valence-electron chi connectivity index (χ1n) is 24.1. The molecule has 2 aromatic carbocycles. The molecule has 5 N–H and O–H groups in total. The maximum atomic E-state index is 14.1. The zero-order chi connectivity index (χ0) is 47.3. The van der Waals surface area contributed by atoms with E-state index in [4.69, 9.17) is 16.4 Å². The number of carbonyl (C=O) groups excluding carboxylic acids is 3. The van der Waals surface area contributed by atoms with Crippen molar-refractivity contribution < 1.29 is 24.6 Å². The number of β-amino-alcohol motifs (C(OH)–C–C–N with tert-alkyl or cyclic N) is 1. The van der Waals surface area contributed by atoms with E-state index in [-0.39, 0.29) is 48.5 Å². The summed E-state index contributed by atoms with van der Waals surface area (Å²) < 4.78 is 0. The number of benzene rings is 2. The molecule has 1 aliphatic carbocycles. The third kappa shape index (κ3) is 8.99. The highest BCUT2D eigenvalue weighted by molar-refractivity contribution is 5.93. The van der Waals surface area contributed by atoms with Gasteiger partial charge in [-0.2, -0.15) is 0 Å². The van der Waals surface area contributed by atoms with Crippen molar-refractivity contribution in [1.29, 1.82) is 0 Å². The van der Waals surface area contributed by atoms with Crippen LogP contribution in [0.4, 0.5) is 22.2 Å². The van der Waals surface area contributed by atoms with Crippen LogP contribution in [-0.4, -0.2) is 152 Å². The molecule has 10 rings (SSSR count). The number of nitrogens with one attached hydrogen (secondary N) is 3. The number of aliphatic hydroxyl groups excluding tert-OH is 1. The molecule has 4 amide bonds. The third-order valence-corrected chi connectivity index (χ3v) is 15.2. The van der Waals surface area contributed by atoms with Crippen LogP contribution in [-0.2, 0) is 16.1 Å². The fourth-order valence-electron chi connectivity index (χ4n) is 11.3. The number of hydrogen-bond acceptors (Lipinski definition) is 13. The number of terminal acetylenes is 1. The number of urea groups is 1. The molecule has 6 aliphatic rings. The maximum Gasteiger partial charge on any atom is 0.318 e. The van der Waals surface area contributed by atoms with Crippen molar-refractivity contribution in [3.63, 3.8) is 0 Å². The molecule has 17 heteroatoms. The zero-order valence-electron chi connectivity index (χ0n) is 39.1. The molecule has 5 aliphatic heterocycles. The molecule has 4 saturated heterocycles. The third-order valence-electron chi connectivity index (χ3n) is 15.2. The number of piperidine rings is 1. The number of piperazine rings is 1. The van der Waals surface area contributed by atoms with Gasteiger partial charge in [-0.15, -0.1) is 16.6 Å². The van der Waals surface area contributed by atoms with E-state index in [2.05, 4.69) is 46.8 Å². The summed E-state index contributed by atoms with van der Waals surface area (Å²) in [7, 11) is 0. The number of aliphatic hydroxyl groups is 1. The molecule has 4 atom stereocenters. The van der Waals surface area contributed by atoms with E-state index >= 15 is 0 Å². The van der Waals surface area contributed by atoms with Crippen LogP contribution in [0.25, 0.3) is 11.3 Å². The van der Waals surface area contributed by atoms with E-state index in [9.17, 15) is 24.6 Å². The van der Waals surface area contributed by atoms with Crippen molar-refractivity contribution in [1.82, 2.24) is 45.5 Å². The molecule has 2 aromatic heterocycles. The van der Waals surface area contributed by atoms with Crippen LogP contribution < -0.4 is 25.8 Å². The average molecular weight is 923 g/mol. The number of fused-ring (bicyclic) bond motifs is 3. The molecule has 17 nitrogen and oxygen atoms in total. The SMILES string of the molecule is C#Cc1ccc(CNC(=O)[C@@H]2C[C@@H](O)CN2C(=O)[C@@H](NC(=O)N2CC3(CC(c4cnc(N5CCC(N6CCN7c8cc(-c9ccccc9O)nnc8NC[C@H]7C6)CC5)nc4)C3)C2)C(C)(C)C)cc1. The molecule has 356 valence electrons. The Bertz CT molecular complexity index is 2560. The molecule has 0 radical (unpaired) electrons. The summed E-state index contributed by atoms with van der Waals surface area (Å²) in [6.45, 7) is 12.6. The first kappa shape index (κ1) is 45.3. The van der Waals surface area contributed by atoms with Crippen LogP contribution in [0.5, 0.6) is 5.75 Å². The first-order chi connectivity index (χ1) is 32.7. The van der Waals surface area contributed by atoms with Crippen LogP contribution in [0.15, 0.2) is 67.0 Å². The number of carbonyl (C=O) groups is 3. The molecular weight excluding hydrogens is 861 g/mol. The van der Waals surface area contributed by atoms with Gasteiger partial charge in [-0.25, -0.2) is 14.8 Å². The van der Waals surface area contributed by atoms with Crippen LogP contribution in [0.1, 0.15) is 75.5 Å². The number of rotatable bonds is 9. The van der Waals surface area contributed by atoms with Crippen LogP contribution in [0.3, 0.4) is 0 Å². The van der Waals surface area contributed by atoms with Crippen LogP contribution in [0, 0.1) is 23.2 Å². The fourth-order valence-corrected chi connectivity index (χ4v) is 11.3. The summed E-state index contributed by atoms with van der Waals surface area (Å²) in [6, 6.07) is 15.4. The lowest BCUT2D eigenvalue weighted by Crippen LogP contribution is -2.67. The molecule has 0 unspecified atom stereocenters. The number of aromatic hydroxyl groups is 1. The topological polar surface area (TPSA) is 196 Å². The molecule has 1 saturated carbocycles. The van der Waals surface area contributed by atoms with E-state index in [0.29, 0.717) is 42.3 Å². The molecule has 1 spiro atoms. The number of hydrogen-bond donors (Lipinski definition) is 5. The molecule has 68 heavy (non-hydrogen) atoms. The highest BCUT2D eigenvalue weighted by Crippen LogP contribution is 2.56. The van der Waals surface area contributed by atoms with Crippen molar-refractivity contribution in [2.24, 2.45) is 10.8 Å². The largest absolute Gasteiger partial charge is 0.507 e. The maximum absolute atomic E-state index is 14.1. The second kappa shape index (κ2) is 18.2. The van der Waals surface area contributed by atoms with E-state index in [1.54, 1.807) is 23.1 Å². The molecule has 4 aromatic rings. The van der Waals surface area contributed by atoms with Crippen molar-refractivity contribution in [3.8, 4) is 29.4 Å². The number of amides is 4. The van der Waals surface area contributed by atoms with Gasteiger partial charge in [0.25, 0.3) is 0 Å². The summed E-state index contributed by atoms with van der Waals surface area (Å²) in [5, 5.41) is 39.3. The van der Waals surface area contributed by atoms with Crippen molar-refractivity contribution in [3.05, 3.63) is 83.7 Å². The Labute approximate surface area is 397 Å². The van der Waals surface area contributed by atoms with Gasteiger partial charge in [0.15, 0.2) is 5.82 Å². The minimum absolute atomic E-state index is 0.0177. The summed E-state index contributed by atoms with van der Waals surface area (Å²) in [6.07, 6.45) is 12.7. The summed E-state index contributed by atoms with van der Waals surface area (Å²) in [5.74, 6) is 3.94. The van der Waals surface area contributed by atoms with Gasteiger partial charge in [-0.3, -0.25) is 14.5 Å². The van der Waals surface area contributed by atoms with Crippen molar-refractivity contribution in [2.75, 3.05) is 74.0 Å². The minimum Gasteiger partial charge on any atom is -0.507 e. The van der Waals surface area contributed by atoms with Gasteiger partial charge in [-0.1, -0.05) is 51.0 Å². The highest BCUT2D eigenvalue weighted by Gasteiger charge is 2.55. The second-order valence-electron chi connectivity index (χ2n) is 20.9. The molecule has 7 heterocycles. The predicted octanol–water partition coefficient (Wildman–Crippen LogP) is 3.79. The Morgan fingerprint density at radius 3 is 2.40 bits per heavy atom. The Balaban J connectivity index is 0.673. The number of likely N-dealkylation sites (tertiary alicyclic amines) is 2. The lowest BCUT2D eigenvalue weighted by molar-refractivity contribution is -0.142. The van der Waals surface area contributed by atoms with Crippen molar-refractivity contribution >= 4 is 35.3 Å². The van der Waals surface area contributed by atoms with Gasteiger partial charge < -0.3 is 45.8 Å². The summed E-state index contributed by atoms with van der Waals surface area (Å²) in [5.41, 5.74) is 4.52. The van der Waals surface area contributed by atoms with Gasteiger partial charge in [0.05, 0.1) is 23.5 Å². The Morgan fingerprint density at radius 2 is 1.69 bits per heavy atom. The lowest BCUT2D eigenvalue weighted by Gasteiger charge is -2.59. The van der Waals surface area contributed by atoms with Gasteiger partial charge in [0, 0.05) is 107 Å². The van der Waals surface area contributed by atoms with E-state index in [1.165, 1.54) is 4.90 Å². The summed E-state index contributed by atoms with van der Waals surface area (Å²) in [4.78, 5) is 61.5. The predicted molar refractivity (Wildman–Crippen MR) is 258 cm³/mol. The Hall–Kier alpha value is -6.51. The number of nitrogens with zero attached hydrogens (tertiary/aromatic N) is 9. The number of phenols is 1. The number of aromatic nitrogens is 4. The van der Waals surface area contributed by atoms with Gasteiger partial charge in [0.2, 0.25) is 17.8 Å². The Kier molecular flexibility index (Phi) is 12.1. The quantitative estimate of drug-likeness (QED) is 0.153.